The van der Waals surface area contributed by atoms with Crippen molar-refractivity contribution in [3.05, 3.63) is 0 Å². The number of nitrogens with two attached hydrogens (primary N) is 1. The van der Waals surface area contributed by atoms with Gasteiger partial charge in [-0.3, -0.25) is 0 Å². The molecule has 1 fully saturated rings. The van der Waals surface area contributed by atoms with Gasteiger partial charge in [-0.2, -0.15) is 0 Å². The predicted octanol–water partition coefficient (Wildman–Crippen LogP) is 1.12. The Hall–Kier alpha value is -0.770. The second kappa shape index (κ2) is 3.96. The number of hydrogen-bond donors (Lipinski definition) is 2. The second-order valence-electron chi connectivity index (χ2n) is 4.12. The van der Waals surface area contributed by atoms with Crippen LogP contribution in [-0.2, 0) is 0 Å². The van der Waals surface area contributed by atoms with Gasteiger partial charge in [0.25, 0.3) is 0 Å². The zero-order valence-electron chi connectivity index (χ0n) is 8.12. The molecule has 1 heterocycles. The molecule has 0 aromatic heterocycles. The van der Waals surface area contributed by atoms with Crippen molar-refractivity contribution in [1.29, 1.82) is 0 Å². The Bertz CT molecular complexity index is 186. The molecule has 0 unspecified atom stereocenters. The van der Waals surface area contributed by atoms with Gasteiger partial charge < -0.3 is 15.7 Å². The predicted molar refractivity (Wildman–Crippen MR) is 50.6 cm³/mol. The van der Waals surface area contributed by atoms with Crippen LogP contribution in [0.25, 0.3) is 0 Å². The summed E-state index contributed by atoms with van der Waals surface area (Å²) in [6.45, 7) is 4.21. The molecule has 4 heteroatoms. The zero-order valence-corrected chi connectivity index (χ0v) is 8.12. The van der Waals surface area contributed by atoms with Gasteiger partial charge in [-0.25, -0.2) is 4.79 Å². The van der Waals surface area contributed by atoms with E-state index in [1.807, 2.05) is 0 Å². The number of rotatable bonds is 2. The third-order valence-electron chi connectivity index (χ3n) is 2.99. The average molecular weight is 186 g/mol. The lowest BCUT2D eigenvalue weighted by Gasteiger charge is -2.38. The Kier molecular flexibility index (Phi) is 3.14. The van der Waals surface area contributed by atoms with E-state index < -0.39 is 6.09 Å². The van der Waals surface area contributed by atoms with Crippen molar-refractivity contribution in [2.75, 3.05) is 19.6 Å². The largest absolute Gasteiger partial charge is 0.465 e. The van der Waals surface area contributed by atoms with Crippen LogP contribution < -0.4 is 5.73 Å². The van der Waals surface area contributed by atoms with Gasteiger partial charge in [0.2, 0.25) is 0 Å². The summed E-state index contributed by atoms with van der Waals surface area (Å²) >= 11 is 0. The Morgan fingerprint density at radius 1 is 1.54 bits per heavy atom. The van der Waals surface area contributed by atoms with E-state index >= 15 is 0 Å². The minimum Gasteiger partial charge on any atom is -0.465 e. The first-order valence-electron chi connectivity index (χ1n) is 4.75. The molecular weight excluding hydrogens is 168 g/mol. The molecule has 1 saturated heterocycles. The highest BCUT2D eigenvalue weighted by Gasteiger charge is 2.30. The fraction of sp³-hybridized carbons (Fsp3) is 0.889. The fourth-order valence-corrected chi connectivity index (χ4v) is 1.84. The summed E-state index contributed by atoms with van der Waals surface area (Å²) in [6.07, 6.45) is 2.09. The molecule has 4 nitrogen and oxygen atoms in total. The summed E-state index contributed by atoms with van der Waals surface area (Å²) in [4.78, 5) is 12.1. The van der Waals surface area contributed by atoms with Crippen LogP contribution in [0.4, 0.5) is 4.79 Å². The molecule has 13 heavy (non-hydrogen) atoms. The topological polar surface area (TPSA) is 66.6 Å². The molecule has 0 aromatic rings. The minimum absolute atomic E-state index is 0.265. The van der Waals surface area contributed by atoms with Crippen molar-refractivity contribution in [1.82, 2.24) is 4.90 Å². The van der Waals surface area contributed by atoms with Gasteiger partial charge in [-0.1, -0.05) is 6.92 Å². The summed E-state index contributed by atoms with van der Waals surface area (Å²) < 4.78 is 0. The number of piperidine rings is 1. The lowest BCUT2D eigenvalue weighted by atomic mass is 9.78. The monoisotopic (exact) mass is 186 g/mol. The van der Waals surface area contributed by atoms with Crippen LogP contribution >= 0.6 is 0 Å². The van der Waals surface area contributed by atoms with Crippen LogP contribution in [0.5, 0.6) is 0 Å². The van der Waals surface area contributed by atoms with E-state index in [0.29, 0.717) is 19.6 Å². The van der Waals surface area contributed by atoms with Crippen LogP contribution in [0.15, 0.2) is 0 Å². The number of nitrogens with zero attached hydrogens (tertiary/aromatic N) is 1. The molecule has 0 atom stereocenters. The third kappa shape index (κ3) is 2.59. The van der Waals surface area contributed by atoms with Gasteiger partial charge in [0.15, 0.2) is 0 Å². The average Bonchev–Trinajstić information content (AvgIpc) is 2.05. The van der Waals surface area contributed by atoms with E-state index in [-0.39, 0.29) is 5.41 Å². The van der Waals surface area contributed by atoms with Crippen molar-refractivity contribution in [2.24, 2.45) is 11.1 Å². The number of amides is 1. The zero-order chi connectivity index (χ0) is 9.90. The molecule has 1 aliphatic rings. The molecular formula is C9H18N2O2. The first-order chi connectivity index (χ1) is 6.07. The standard InChI is InChI=1S/C9H18N2O2/c1-9(2-5-10)3-6-11(7-4-9)8(12)13/h2-7,10H2,1H3,(H,12,13). The van der Waals surface area contributed by atoms with Gasteiger partial charge in [0.1, 0.15) is 0 Å². The molecule has 0 aromatic carbocycles. The Morgan fingerprint density at radius 3 is 2.46 bits per heavy atom. The number of likely N-dealkylation sites (tertiary alicyclic amines) is 1. The van der Waals surface area contributed by atoms with E-state index in [9.17, 15) is 4.79 Å². The van der Waals surface area contributed by atoms with E-state index in [0.717, 1.165) is 19.3 Å². The third-order valence-corrected chi connectivity index (χ3v) is 2.99. The molecule has 0 radical (unpaired) electrons. The Balaban J connectivity index is 2.41. The molecule has 0 saturated carbocycles. The molecule has 0 spiro atoms. The highest BCUT2D eigenvalue weighted by molar-refractivity contribution is 5.65. The van der Waals surface area contributed by atoms with Gasteiger partial charge in [0.05, 0.1) is 0 Å². The Labute approximate surface area is 78.7 Å². The molecule has 1 aliphatic heterocycles. The number of carboxylic acid groups (broad SMARTS) is 1. The molecule has 1 amide bonds. The summed E-state index contributed by atoms with van der Waals surface area (Å²) in [6, 6.07) is 0. The van der Waals surface area contributed by atoms with Crippen molar-refractivity contribution < 1.29 is 9.90 Å². The highest BCUT2D eigenvalue weighted by Crippen LogP contribution is 2.33. The summed E-state index contributed by atoms with van der Waals surface area (Å²) in [5.74, 6) is 0. The van der Waals surface area contributed by atoms with E-state index in [1.165, 1.54) is 4.90 Å². The van der Waals surface area contributed by atoms with Crippen LogP contribution in [0.1, 0.15) is 26.2 Å². The van der Waals surface area contributed by atoms with Crippen LogP contribution in [0, 0.1) is 5.41 Å². The van der Waals surface area contributed by atoms with Crippen molar-refractivity contribution in [2.45, 2.75) is 26.2 Å². The smallest absolute Gasteiger partial charge is 0.407 e. The fourth-order valence-electron chi connectivity index (χ4n) is 1.84. The number of hydrogen-bond acceptors (Lipinski definition) is 2. The van der Waals surface area contributed by atoms with Crippen LogP contribution in [0.3, 0.4) is 0 Å². The quantitative estimate of drug-likeness (QED) is 0.679. The molecule has 3 N–H and O–H groups in total. The SMILES string of the molecule is CC1(CCN)CCN(C(=O)O)CC1. The normalized spacial score (nSPS) is 21.5. The molecule has 76 valence electrons. The summed E-state index contributed by atoms with van der Waals surface area (Å²) in [5, 5.41) is 8.74. The van der Waals surface area contributed by atoms with Crippen molar-refractivity contribution in [3.8, 4) is 0 Å². The van der Waals surface area contributed by atoms with E-state index in [4.69, 9.17) is 10.8 Å². The maximum atomic E-state index is 10.6. The molecule has 0 bridgehead atoms. The lowest BCUT2D eigenvalue weighted by Crippen LogP contribution is -2.42. The lowest BCUT2D eigenvalue weighted by molar-refractivity contribution is 0.0945. The maximum absolute atomic E-state index is 10.6. The van der Waals surface area contributed by atoms with E-state index in [2.05, 4.69) is 6.92 Å². The molecule has 1 rings (SSSR count). The van der Waals surface area contributed by atoms with Gasteiger partial charge >= 0.3 is 6.09 Å². The molecule has 0 aliphatic carbocycles. The first kappa shape index (κ1) is 10.3. The highest BCUT2D eigenvalue weighted by atomic mass is 16.4. The first-order valence-corrected chi connectivity index (χ1v) is 4.75. The van der Waals surface area contributed by atoms with Gasteiger partial charge in [-0.15, -0.1) is 0 Å². The number of carbonyl (C=O) groups is 1. The minimum atomic E-state index is -0.796. The van der Waals surface area contributed by atoms with Crippen molar-refractivity contribution in [3.63, 3.8) is 0 Å². The van der Waals surface area contributed by atoms with E-state index in [1.54, 1.807) is 0 Å². The van der Waals surface area contributed by atoms with Crippen molar-refractivity contribution >= 4 is 6.09 Å². The summed E-state index contributed by atoms with van der Waals surface area (Å²) in [5.41, 5.74) is 5.77. The van der Waals surface area contributed by atoms with Crippen LogP contribution in [-0.4, -0.2) is 35.7 Å². The maximum Gasteiger partial charge on any atom is 0.407 e. The van der Waals surface area contributed by atoms with Crippen LogP contribution in [0.2, 0.25) is 0 Å². The summed E-state index contributed by atoms with van der Waals surface area (Å²) in [7, 11) is 0. The second-order valence-corrected chi connectivity index (χ2v) is 4.12. The van der Waals surface area contributed by atoms with Gasteiger partial charge in [-0.05, 0) is 31.2 Å². The Morgan fingerprint density at radius 2 is 2.08 bits per heavy atom. The van der Waals surface area contributed by atoms with Gasteiger partial charge in [0, 0.05) is 13.1 Å².